The zero-order valence-corrected chi connectivity index (χ0v) is 16.7. The van der Waals surface area contributed by atoms with E-state index in [1.54, 1.807) is 12.1 Å². The standard InChI is InChI=1S/C20H20N2O3S2/c1-22(2)27(23,24)18-12-13-20(21-14-18)26-15-16-8-6-7-11-19(16)25-17-9-4-3-5-10-17/h3-14H,15H2,1-2H3. The number of aromatic nitrogens is 1. The average Bonchev–Trinajstić information content (AvgIpc) is 2.68. The third kappa shape index (κ3) is 4.88. The minimum atomic E-state index is -3.46. The Bertz CT molecular complexity index is 989. The summed E-state index contributed by atoms with van der Waals surface area (Å²) in [6.45, 7) is 0. The van der Waals surface area contributed by atoms with E-state index in [4.69, 9.17) is 4.74 Å². The number of rotatable bonds is 7. The molecule has 0 spiro atoms. The maximum atomic E-state index is 12.1. The van der Waals surface area contributed by atoms with Crippen LogP contribution in [0.1, 0.15) is 5.56 Å². The first-order chi connectivity index (χ1) is 13.0. The fourth-order valence-electron chi connectivity index (χ4n) is 2.31. The molecule has 140 valence electrons. The van der Waals surface area contributed by atoms with E-state index in [-0.39, 0.29) is 4.90 Å². The molecule has 0 fully saturated rings. The lowest BCUT2D eigenvalue weighted by molar-refractivity contribution is 0.478. The Morgan fingerprint density at radius 2 is 1.67 bits per heavy atom. The smallest absolute Gasteiger partial charge is 0.244 e. The van der Waals surface area contributed by atoms with E-state index in [1.165, 1.54) is 36.4 Å². The van der Waals surface area contributed by atoms with E-state index in [0.717, 1.165) is 22.1 Å². The zero-order valence-electron chi connectivity index (χ0n) is 15.1. The van der Waals surface area contributed by atoms with E-state index < -0.39 is 10.0 Å². The Morgan fingerprint density at radius 1 is 0.963 bits per heavy atom. The van der Waals surface area contributed by atoms with Crippen LogP contribution in [0.2, 0.25) is 0 Å². The molecule has 2 aromatic carbocycles. The van der Waals surface area contributed by atoms with E-state index >= 15 is 0 Å². The van der Waals surface area contributed by atoms with E-state index in [2.05, 4.69) is 4.98 Å². The number of para-hydroxylation sites is 2. The number of nitrogens with zero attached hydrogens (tertiary/aromatic N) is 2. The zero-order chi connectivity index (χ0) is 19.3. The van der Waals surface area contributed by atoms with Gasteiger partial charge in [-0.2, -0.15) is 0 Å². The maximum Gasteiger partial charge on any atom is 0.244 e. The fourth-order valence-corrected chi connectivity index (χ4v) is 3.99. The van der Waals surface area contributed by atoms with Gasteiger partial charge >= 0.3 is 0 Å². The van der Waals surface area contributed by atoms with Crippen LogP contribution in [0.4, 0.5) is 0 Å². The van der Waals surface area contributed by atoms with Gasteiger partial charge in [0.2, 0.25) is 10.0 Å². The van der Waals surface area contributed by atoms with Crippen LogP contribution in [-0.4, -0.2) is 31.8 Å². The highest BCUT2D eigenvalue weighted by molar-refractivity contribution is 7.98. The molecule has 0 aliphatic rings. The van der Waals surface area contributed by atoms with Gasteiger partial charge in [-0.1, -0.05) is 36.4 Å². The van der Waals surface area contributed by atoms with Gasteiger partial charge in [0.15, 0.2) is 0 Å². The molecule has 0 N–H and O–H groups in total. The fraction of sp³-hybridized carbons (Fsp3) is 0.150. The minimum absolute atomic E-state index is 0.185. The molecule has 0 aliphatic carbocycles. The van der Waals surface area contributed by atoms with Crippen LogP contribution >= 0.6 is 11.8 Å². The first-order valence-corrected chi connectivity index (χ1v) is 10.7. The molecule has 0 saturated heterocycles. The van der Waals surface area contributed by atoms with Crippen molar-refractivity contribution in [3.05, 3.63) is 78.5 Å². The van der Waals surface area contributed by atoms with Crippen LogP contribution in [-0.2, 0) is 15.8 Å². The van der Waals surface area contributed by atoms with Gasteiger partial charge in [-0.25, -0.2) is 17.7 Å². The van der Waals surface area contributed by atoms with Crippen LogP contribution in [0.5, 0.6) is 11.5 Å². The first-order valence-electron chi connectivity index (χ1n) is 8.29. The summed E-state index contributed by atoms with van der Waals surface area (Å²) >= 11 is 1.53. The van der Waals surface area contributed by atoms with Crippen molar-refractivity contribution in [3.63, 3.8) is 0 Å². The second-order valence-corrected chi connectivity index (χ2v) is 9.08. The number of benzene rings is 2. The molecule has 0 amide bonds. The van der Waals surface area contributed by atoms with Crippen LogP contribution in [0.3, 0.4) is 0 Å². The summed E-state index contributed by atoms with van der Waals surface area (Å²) in [6.07, 6.45) is 1.39. The molecule has 7 heteroatoms. The number of pyridine rings is 1. The quantitative estimate of drug-likeness (QED) is 0.550. The lowest BCUT2D eigenvalue weighted by Gasteiger charge is -2.12. The minimum Gasteiger partial charge on any atom is -0.457 e. The summed E-state index contributed by atoms with van der Waals surface area (Å²) in [5.41, 5.74) is 1.04. The number of hydrogen-bond acceptors (Lipinski definition) is 5. The number of thioether (sulfide) groups is 1. The molecule has 0 radical (unpaired) electrons. The summed E-state index contributed by atoms with van der Waals surface area (Å²) in [5.74, 6) is 2.24. The maximum absolute atomic E-state index is 12.1. The van der Waals surface area contributed by atoms with E-state index in [1.807, 2.05) is 54.6 Å². The van der Waals surface area contributed by atoms with Gasteiger partial charge in [0.25, 0.3) is 0 Å². The van der Waals surface area contributed by atoms with Gasteiger partial charge in [-0.15, -0.1) is 11.8 Å². The Labute approximate surface area is 164 Å². The van der Waals surface area contributed by atoms with Crippen LogP contribution < -0.4 is 4.74 Å². The highest BCUT2D eigenvalue weighted by Gasteiger charge is 2.17. The van der Waals surface area contributed by atoms with Gasteiger partial charge in [0.1, 0.15) is 16.4 Å². The third-order valence-corrected chi connectivity index (χ3v) is 6.60. The van der Waals surface area contributed by atoms with Gasteiger partial charge < -0.3 is 4.74 Å². The second kappa shape index (κ2) is 8.56. The Kier molecular flexibility index (Phi) is 6.15. The molecule has 3 rings (SSSR count). The van der Waals surface area contributed by atoms with Crippen LogP contribution in [0.15, 0.2) is 82.8 Å². The predicted octanol–water partition coefficient (Wildman–Crippen LogP) is 4.42. The molecular weight excluding hydrogens is 380 g/mol. The Morgan fingerprint density at radius 3 is 2.33 bits per heavy atom. The van der Waals surface area contributed by atoms with Crippen molar-refractivity contribution in [1.82, 2.24) is 9.29 Å². The van der Waals surface area contributed by atoms with Crippen molar-refractivity contribution in [2.24, 2.45) is 0 Å². The van der Waals surface area contributed by atoms with Gasteiger partial charge in [0, 0.05) is 31.6 Å². The summed E-state index contributed by atoms with van der Waals surface area (Å²) in [5, 5.41) is 0.752. The lowest BCUT2D eigenvalue weighted by atomic mass is 10.2. The van der Waals surface area contributed by atoms with Crippen molar-refractivity contribution in [2.45, 2.75) is 15.7 Å². The SMILES string of the molecule is CN(C)S(=O)(=O)c1ccc(SCc2ccccc2Oc2ccccc2)nc1. The monoisotopic (exact) mass is 400 g/mol. The molecule has 27 heavy (non-hydrogen) atoms. The molecule has 0 atom stereocenters. The molecule has 5 nitrogen and oxygen atoms in total. The van der Waals surface area contributed by atoms with Crippen molar-refractivity contribution in [2.75, 3.05) is 14.1 Å². The van der Waals surface area contributed by atoms with Crippen molar-refractivity contribution in [1.29, 1.82) is 0 Å². The molecule has 3 aromatic rings. The average molecular weight is 401 g/mol. The van der Waals surface area contributed by atoms with Crippen molar-refractivity contribution < 1.29 is 13.2 Å². The number of ether oxygens (including phenoxy) is 1. The molecular formula is C20H20N2O3S2. The van der Waals surface area contributed by atoms with Crippen LogP contribution in [0.25, 0.3) is 0 Å². The number of hydrogen-bond donors (Lipinski definition) is 0. The van der Waals surface area contributed by atoms with Crippen LogP contribution in [0, 0.1) is 0 Å². The molecule has 1 heterocycles. The highest BCUT2D eigenvalue weighted by Crippen LogP contribution is 2.30. The van der Waals surface area contributed by atoms with E-state index in [0.29, 0.717) is 5.75 Å². The highest BCUT2D eigenvalue weighted by atomic mass is 32.2. The van der Waals surface area contributed by atoms with Gasteiger partial charge in [0.05, 0.1) is 5.03 Å². The van der Waals surface area contributed by atoms with Gasteiger partial charge in [-0.05, 0) is 30.3 Å². The molecule has 1 aromatic heterocycles. The largest absolute Gasteiger partial charge is 0.457 e. The first kappa shape index (κ1) is 19.4. The summed E-state index contributed by atoms with van der Waals surface area (Å²) in [6, 6.07) is 20.8. The Balaban J connectivity index is 1.70. The summed E-state index contributed by atoms with van der Waals surface area (Å²) in [7, 11) is -0.457. The Hall–Kier alpha value is -2.35. The second-order valence-electron chi connectivity index (χ2n) is 5.93. The molecule has 0 saturated carbocycles. The topological polar surface area (TPSA) is 59.5 Å². The number of sulfonamides is 1. The summed E-state index contributed by atoms with van der Waals surface area (Å²) in [4.78, 5) is 4.46. The van der Waals surface area contributed by atoms with E-state index in [9.17, 15) is 8.42 Å². The molecule has 0 bridgehead atoms. The van der Waals surface area contributed by atoms with Crippen molar-refractivity contribution in [3.8, 4) is 11.5 Å². The normalized spacial score (nSPS) is 11.5. The van der Waals surface area contributed by atoms with Crippen molar-refractivity contribution >= 4 is 21.8 Å². The molecule has 0 aliphatic heterocycles. The van der Waals surface area contributed by atoms with Gasteiger partial charge in [-0.3, -0.25) is 0 Å². The third-order valence-electron chi connectivity index (χ3n) is 3.81. The summed E-state index contributed by atoms with van der Waals surface area (Å²) < 4.78 is 31.4. The predicted molar refractivity (Wildman–Crippen MR) is 108 cm³/mol. The molecule has 0 unspecified atom stereocenters. The lowest BCUT2D eigenvalue weighted by Crippen LogP contribution is -2.22.